The Balaban J connectivity index is 3.89. The Hall–Kier alpha value is -2.55. The van der Waals surface area contributed by atoms with E-state index < -0.39 is 26.5 Å². The Bertz CT molecular complexity index is 1850. The topological polar surface area (TPSA) is 108 Å². The quantitative estimate of drug-likeness (QED) is 0.0211. The van der Waals surface area contributed by atoms with E-state index in [-0.39, 0.29) is 25.6 Å². The summed E-state index contributed by atoms with van der Waals surface area (Å²) in [6, 6.07) is 0. The molecule has 0 saturated heterocycles. The number of rotatable bonds is 78. The van der Waals surface area contributed by atoms with Crippen LogP contribution in [-0.4, -0.2) is 74.9 Å². The van der Waals surface area contributed by atoms with Gasteiger partial charge in [0, 0.05) is 12.8 Å². The van der Waals surface area contributed by atoms with Crippen molar-refractivity contribution < 1.29 is 42.1 Å². The fraction of sp³-hybridized carbons (Fsp3) is 0.837. The molecule has 1 N–H and O–H groups in total. The van der Waals surface area contributed by atoms with Gasteiger partial charge in [0.2, 0.25) is 0 Å². The van der Waals surface area contributed by atoms with Crippen molar-refractivity contribution in [3.63, 3.8) is 0 Å². The molecule has 10 heteroatoms. The maximum absolute atomic E-state index is 12.9. The van der Waals surface area contributed by atoms with Crippen molar-refractivity contribution in [2.24, 2.45) is 0 Å². The molecule has 0 bridgehead atoms. The number of phosphoric ester groups is 1. The van der Waals surface area contributed by atoms with Crippen LogP contribution in [0.1, 0.15) is 412 Å². The molecule has 0 aromatic carbocycles. The van der Waals surface area contributed by atoms with Gasteiger partial charge in [-0.1, -0.05) is 389 Å². The number of phosphoric acid groups is 1. The van der Waals surface area contributed by atoms with Crippen molar-refractivity contribution in [2.75, 3.05) is 47.5 Å². The number of unbranched alkanes of at least 4 members (excludes halogenated alkanes) is 52. The number of hydrogen-bond donors (Lipinski definition) is 1. The fourth-order valence-corrected chi connectivity index (χ4v) is 13.1. The van der Waals surface area contributed by atoms with Crippen LogP contribution in [0.5, 0.6) is 0 Å². The first kappa shape index (κ1) is 93.5. The molecule has 96 heavy (non-hydrogen) atoms. The van der Waals surface area contributed by atoms with Gasteiger partial charge in [-0.15, -0.1) is 0 Å². The normalized spacial score (nSPS) is 13.4. The minimum Gasteiger partial charge on any atom is -0.462 e. The lowest BCUT2D eigenvalue weighted by atomic mass is 10.0. The maximum Gasteiger partial charge on any atom is 0.472 e. The highest BCUT2D eigenvalue weighted by molar-refractivity contribution is 7.47. The van der Waals surface area contributed by atoms with Crippen LogP contribution in [0.4, 0.5) is 0 Å². The zero-order valence-electron chi connectivity index (χ0n) is 64.4. The van der Waals surface area contributed by atoms with Gasteiger partial charge in [-0.2, -0.15) is 0 Å². The minimum atomic E-state index is -4.40. The van der Waals surface area contributed by atoms with E-state index in [2.05, 4.69) is 86.8 Å². The maximum atomic E-state index is 12.9. The van der Waals surface area contributed by atoms with E-state index in [9.17, 15) is 19.0 Å². The van der Waals surface area contributed by atoms with Crippen LogP contribution < -0.4 is 0 Å². The molecule has 0 amide bonds. The van der Waals surface area contributed by atoms with Crippen molar-refractivity contribution in [2.45, 2.75) is 418 Å². The van der Waals surface area contributed by atoms with Crippen LogP contribution >= 0.6 is 7.82 Å². The average molecular weight is 1370 g/mol. The van der Waals surface area contributed by atoms with E-state index in [0.29, 0.717) is 23.9 Å². The van der Waals surface area contributed by atoms with Crippen LogP contribution in [0.3, 0.4) is 0 Å². The summed E-state index contributed by atoms with van der Waals surface area (Å²) in [5, 5.41) is 0. The van der Waals surface area contributed by atoms with Crippen molar-refractivity contribution >= 4 is 19.8 Å². The van der Waals surface area contributed by atoms with Gasteiger partial charge in [0.25, 0.3) is 0 Å². The summed E-state index contributed by atoms with van der Waals surface area (Å²) in [5.41, 5.74) is 0. The molecule has 0 aromatic rings. The molecule has 0 saturated carbocycles. The molecule has 2 atom stereocenters. The lowest BCUT2D eigenvalue weighted by molar-refractivity contribution is -0.870. The Labute approximate surface area is 597 Å². The predicted octanol–water partition coefficient (Wildman–Crippen LogP) is 27.8. The van der Waals surface area contributed by atoms with Crippen molar-refractivity contribution in [1.82, 2.24) is 0 Å². The van der Waals surface area contributed by atoms with E-state index in [0.717, 1.165) is 64.2 Å². The number of hydrogen-bond acceptors (Lipinski definition) is 7. The van der Waals surface area contributed by atoms with Crippen molar-refractivity contribution in [1.29, 1.82) is 0 Å². The standard InChI is InChI=1S/C86H160NO8P/c1-6-8-10-12-14-16-18-20-22-24-26-28-30-32-34-36-38-40-41-42-43-44-45-47-49-51-53-55-57-59-61-63-65-67-69-71-73-75-77-79-86(89)95-84(83-94-96(90,91)93-81-80-87(3,4)5)82-92-85(88)78-76-74-72-70-68-66-64-62-60-58-56-54-52-50-48-46-39-37-35-33-31-29-27-25-23-21-19-17-15-13-11-9-7-2/h8,10,14,16,20,22,25-28,32,34,84H,6-7,9,11-13,15,17-19,21,23-24,29-31,33,35-83H2,1-5H3/p+1/b10-8-,16-14-,22-20-,27-25-,28-26-,34-32-. The number of carbonyl (C=O) groups is 2. The molecule has 0 aliphatic carbocycles. The van der Waals surface area contributed by atoms with Crippen LogP contribution in [0, 0.1) is 0 Å². The monoisotopic (exact) mass is 1370 g/mol. The fourth-order valence-electron chi connectivity index (χ4n) is 12.4. The minimum absolute atomic E-state index is 0.0339. The lowest BCUT2D eigenvalue weighted by Crippen LogP contribution is -2.37. The Morgan fingerprint density at radius 1 is 0.333 bits per heavy atom. The molecular formula is C86H161NO8P+. The third-order valence-corrected chi connectivity index (χ3v) is 19.7. The number of nitrogens with zero attached hydrogens (tertiary/aromatic N) is 1. The number of ether oxygens (including phenoxy) is 2. The summed E-state index contributed by atoms with van der Waals surface area (Å²) in [4.78, 5) is 36.0. The van der Waals surface area contributed by atoms with E-state index >= 15 is 0 Å². The summed E-state index contributed by atoms with van der Waals surface area (Å²) in [6.45, 7) is 4.39. The third kappa shape index (κ3) is 80.4. The molecule has 0 aliphatic rings. The number of carbonyl (C=O) groups excluding carboxylic acids is 2. The number of quaternary nitrogens is 1. The smallest absolute Gasteiger partial charge is 0.462 e. The highest BCUT2D eigenvalue weighted by atomic mass is 31.2. The zero-order valence-corrected chi connectivity index (χ0v) is 65.3. The molecular weight excluding hydrogens is 1210 g/mol. The van der Waals surface area contributed by atoms with Crippen LogP contribution in [-0.2, 0) is 32.7 Å². The second-order valence-electron chi connectivity index (χ2n) is 29.5. The first-order valence-corrected chi connectivity index (χ1v) is 43.2. The SMILES string of the molecule is CC/C=C\C/C=C\C/C=C\C/C=C\C/C=C\CCCCCCCCCCCCCCCCCCCCCCCCCC(=O)OC(COC(=O)CCCCCCCCCCCCCCCCCCCCCCC/C=C\CCCCCCCCCC)COP(=O)(O)OCC[N+](C)(C)C. The van der Waals surface area contributed by atoms with E-state index in [1.807, 2.05) is 21.1 Å². The van der Waals surface area contributed by atoms with E-state index in [1.54, 1.807) is 0 Å². The second-order valence-corrected chi connectivity index (χ2v) is 30.9. The third-order valence-electron chi connectivity index (χ3n) is 18.7. The molecule has 0 radical (unpaired) electrons. The molecule has 0 aliphatic heterocycles. The van der Waals surface area contributed by atoms with Gasteiger partial charge in [0.1, 0.15) is 19.8 Å². The summed E-state index contributed by atoms with van der Waals surface area (Å²) in [7, 11) is 1.50. The highest BCUT2D eigenvalue weighted by Gasteiger charge is 2.27. The first-order valence-electron chi connectivity index (χ1n) is 41.7. The molecule has 0 rings (SSSR count). The van der Waals surface area contributed by atoms with Crippen molar-refractivity contribution in [3.05, 3.63) is 72.9 Å². The number of allylic oxidation sites excluding steroid dienone is 12. The van der Waals surface area contributed by atoms with Gasteiger partial charge in [-0.3, -0.25) is 18.6 Å². The van der Waals surface area contributed by atoms with Gasteiger partial charge in [-0.05, 0) is 83.5 Å². The van der Waals surface area contributed by atoms with E-state index in [1.165, 1.54) is 315 Å². The van der Waals surface area contributed by atoms with Gasteiger partial charge in [0.15, 0.2) is 6.10 Å². The van der Waals surface area contributed by atoms with Crippen LogP contribution in [0.15, 0.2) is 72.9 Å². The molecule has 9 nitrogen and oxygen atoms in total. The van der Waals surface area contributed by atoms with Gasteiger partial charge in [-0.25, -0.2) is 4.57 Å². The summed E-state index contributed by atoms with van der Waals surface area (Å²) in [5.74, 6) is -0.773. The Kier molecular flexibility index (Phi) is 74.6. The van der Waals surface area contributed by atoms with Gasteiger partial charge < -0.3 is 18.9 Å². The predicted molar refractivity (Wildman–Crippen MR) is 418 cm³/mol. The largest absolute Gasteiger partial charge is 0.472 e. The Morgan fingerprint density at radius 2 is 0.594 bits per heavy atom. The van der Waals surface area contributed by atoms with E-state index in [4.69, 9.17) is 18.5 Å². The molecule has 562 valence electrons. The molecule has 0 spiro atoms. The number of esters is 2. The second kappa shape index (κ2) is 76.6. The van der Waals surface area contributed by atoms with Crippen LogP contribution in [0.2, 0.25) is 0 Å². The highest BCUT2D eigenvalue weighted by Crippen LogP contribution is 2.43. The van der Waals surface area contributed by atoms with Crippen LogP contribution in [0.25, 0.3) is 0 Å². The molecule has 0 heterocycles. The lowest BCUT2D eigenvalue weighted by Gasteiger charge is -2.24. The summed E-state index contributed by atoms with van der Waals surface area (Å²) in [6.07, 6.45) is 105. The molecule has 0 fully saturated rings. The average Bonchev–Trinajstić information content (AvgIpc) is 1.98. The zero-order chi connectivity index (χ0) is 69.7. The number of likely N-dealkylation sites (N-methyl/N-ethyl adjacent to an activating group) is 1. The van der Waals surface area contributed by atoms with Gasteiger partial charge in [0.05, 0.1) is 27.7 Å². The van der Waals surface area contributed by atoms with Gasteiger partial charge >= 0.3 is 19.8 Å². The Morgan fingerprint density at radius 3 is 0.896 bits per heavy atom. The molecule has 2 unspecified atom stereocenters. The first-order chi connectivity index (χ1) is 47.0. The molecule has 0 aromatic heterocycles. The van der Waals surface area contributed by atoms with Crippen molar-refractivity contribution in [3.8, 4) is 0 Å². The summed E-state index contributed by atoms with van der Waals surface area (Å²) >= 11 is 0. The summed E-state index contributed by atoms with van der Waals surface area (Å²) < 4.78 is 34.9.